The van der Waals surface area contributed by atoms with Gasteiger partial charge in [0.25, 0.3) is 5.91 Å². The van der Waals surface area contributed by atoms with Gasteiger partial charge < -0.3 is 15.1 Å². The van der Waals surface area contributed by atoms with Crippen LogP contribution >= 0.6 is 11.8 Å². The Labute approximate surface area is 151 Å². The van der Waals surface area contributed by atoms with Crippen molar-refractivity contribution in [2.45, 2.75) is 31.3 Å². The quantitative estimate of drug-likeness (QED) is 0.798. The smallest absolute Gasteiger partial charge is 0.287 e. The highest BCUT2D eigenvalue weighted by molar-refractivity contribution is 7.98. The van der Waals surface area contributed by atoms with Crippen molar-refractivity contribution >= 4 is 23.6 Å². The molecular formula is C19H22N2O3S. The van der Waals surface area contributed by atoms with Gasteiger partial charge in [-0.2, -0.15) is 11.8 Å². The molecule has 2 aromatic rings. The van der Waals surface area contributed by atoms with Crippen LogP contribution in [0, 0.1) is 0 Å². The van der Waals surface area contributed by atoms with Gasteiger partial charge in [-0.25, -0.2) is 0 Å². The zero-order chi connectivity index (χ0) is 17.6. The van der Waals surface area contributed by atoms with Gasteiger partial charge in [0.2, 0.25) is 5.91 Å². The van der Waals surface area contributed by atoms with Crippen LogP contribution in [0.15, 0.2) is 47.1 Å². The molecule has 3 rings (SSSR count). The molecule has 1 aliphatic rings. The standard InChI is InChI=1S/C19H22N2O3S/c1-25-12-10-16(21-19(23)17-7-4-11-24-17)18(22)20-15-9-8-13-5-2-3-6-14(13)15/h2-7,11,15-16H,8-10,12H2,1H3,(H,20,22)(H,21,23)/t15-,16-/m0/s1. The van der Waals surface area contributed by atoms with Crippen LogP contribution in [0.3, 0.4) is 0 Å². The third-order valence-corrected chi connectivity index (χ3v) is 5.07. The second kappa shape index (κ2) is 8.25. The maximum Gasteiger partial charge on any atom is 0.287 e. The van der Waals surface area contributed by atoms with Gasteiger partial charge in [-0.1, -0.05) is 24.3 Å². The van der Waals surface area contributed by atoms with Crippen LogP contribution in [-0.4, -0.2) is 29.9 Å². The second-order valence-electron chi connectivity index (χ2n) is 6.08. The fraction of sp³-hybridized carbons (Fsp3) is 0.368. The molecule has 2 atom stereocenters. The summed E-state index contributed by atoms with van der Waals surface area (Å²) in [5, 5.41) is 5.90. The first-order valence-corrected chi connectivity index (χ1v) is 9.80. The molecule has 1 aromatic carbocycles. The summed E-state index contributed by atoms with van der Waals surface area (Å²) in [6.07, 6.45) is 5.87. The van der Waals surface area contributed by atoms with Crippen molar-refractivity contribution < 1.29 is 14.0 Å². The van der Waals surface area contributed by atoms with Crippen LogP contribution in [0.25, 0.3) is 0 Å². The van der Waals surface area contributed by atoms with Crippen LogP contribution < -0.4 is 10.6 Å². The predicted octanol–water partition coefficient (Wildman–Crippen LogP) is 2.93. The first-order chi connectivity index (χ1) is 12.2. The third-order valence-electron chi connectivity index (χ3n) is 4.43. The van der Waals surface area contributed by atoms with Gasteiger partial charge in [-0.15, -0.1) is 0 Å². The normalized spacial score (nSPS) is 16.9. The number of benzene rings is 1. The molecular weight excluding hydrogens is 336 g/mol. The summed E-state index contributed by atoms with van der Waals surface area (Å²) in [6.45, 7) is 0. The number of hydrogen-bond acceptors (Lipinski definition) is 4. The first kappa shape index (κ1) is 17.6. The van der Waals surface area contributed by atoms with Crippen molar-refractivity contribution in [1.29, 1.82) is 0 Å². The summed E-state index contributed by atoms with van der Waals surface area (Å²) in [5.74, 6) is 0.500. The molecule has 1 heterocycles. The van der Waals surface area contributed by atoms with Crippen LogP contribution in [0.2, 0.25) is 0 Å². The van der Waals surface area contributed by atoms with E-state index in [0.717, 1.165) is 18.6 Å². The highest BCUT2D eigenvalue weighted by Gasteiger charge is 2.28. The molecule has 6 heteroatoms. The third kappa shape index (κ3) is 4.25. The van der Waals surface area contributed by atoms with E-state index in [1.54, 1.807) is 23.9 Å². The maximum absolute atomic E-state index is 12.8. The Morgan fingerprint density at radius 2 is 2.12 bits per heavy atom. The number of furan rings is 1. The average molecular weight is 358 g/mol. The van der Waals surface area contributed by atoms with Crippen molar-refractivity contribution in [3.05, 3.63) is 59.5 Å². The number of amides is 2. The molecule has 132 valence electrons. The molecule has 0 fully saturated rings. The number of carbonyl (C=O) groups is 2. The number of aryl methyl sites for hydroxylation is 1. The van der Waals surface area contributed by atoms with Crippen molar-refractivity contribution in [1.82, 2.24) is 10.6 Å². The van der Waals surface area contributed by atoms with Crippen molar-refractivity contribution in [2.24, 2.45) is 0 Å². The topological polar surface area (TPSA) is 71.3 Å². The molecule has 0 bridgehead atoms. The van der Waals surface area contributed by atoms with Crippen LogP contribution in [0.5, 0.6) is 0 Å². The molecule has 0 saturated heterocycles. The van der Waals surface area contributed by atoms with Crippen LogP contribution in [-0.2, 0) is 11.2 Å². The van der Waals surface area contributed by atoms with Gasteiger partial charge in [0.1, 0.15) is 6.04 Å². The molecule has 1 aromatic heterocycles. The van der Waals surface area contributed by atoms with E-state index in [1.807, 2.05) is 18.4 Å². The molecule has 1 aliphatic carbocycles. The lowest BCUT2D eigenvalue weighted by atomic mass is 10.1. The lowest BCUT2D eigenvalue weighted by molar-refractivity contribution is -0.123. The minimum absolute atomic E-state index is 0.0148. The highest BCUT2D eigenvalue weighted by atomic mass is 32.2. The monoisotopic (exact) mass is 358 g/mol. The number of carbonyl (C=O) groups excluding carboxylic acids is 2. The fourth-order valence-electron chi connectivity index (χ4n) is 3.12. The van der Waals surface area contributed by atoms with Crippen LogP contribution in [0.4, 0.5) is 0 Å². The van der Waals surface area contributed by atoms with Crippen molar-refractivity contribution in [3.63, 3.8) is 0 Å². The Balaban J connectivity index is 1.66. The Hall–Kier alpha value is -2.21. The Kier molecular flexibility index (Phi) is 5.81. The van der Waals surface area contributed by atoms with E-state index < -0.39 is 6.04 Å². The molecule has 2 N–H and O–H groups in total. The number of fused-ring (bicyclic) bond motifs is 1. The molecule has 0 spiro atoms. The predicted molar refractivity (Wildman–Crippen MR) is 98.6 cm³/mol. The molecule has 5 nitrogen and oxygen atoms in total. The van der Waals surface area contributed by atoms with Gasteiger partial charge in [0.15, 0.2) is 5.76 Å². The number of hydrogen-bond donors (Lipinski definition) is 2. The van der Waals surface area contributed by atoms with E-state index in [4.69, 9.17) is 4.42 Å². The number of thioether (sulfide) groups is 1. The van der Waals surface area contributed by atoms with E-state index in [-0.39, 0.29) is 23.6 Å². The summed E-state index contributed by atoms with van der Waals surface area (Å²) < 4.78 is 5.11. The molecule has 2 amide bonds. The Morgan fingerprint density at radius 1 is 1.28 bits per heavy atom. The Bertz CT molecular complexity index is 730. The average Bonchev–Trinajstić information content (AvgIpc) is 3.29. The van der Waals surface area contributed by atoms with E-state index >= 15 is 0 Å². The minimum Gasteiger partial charge on any atom is -0.459 e. The summed E-state index contributed by atoms with van der Waals surface area (Å²) in [5.41, 5.74) is 2.46. The first-order valence-electron chi connectivity index (χ1n) is 8.40. The fourth-order valence-corrected chi connectivity index (χ4v) is 3.59. The molecule has 25 heavy (non-hydrogen) atoms. The minimum atomic E-state index is -0.571. The molecule has 0 unspecified atom stereocenters. The maximum atomic E-state index is 12.8. The molecule has 0 radical (unpaired) electrons. The van der Waals surface area contributed by atoms with Gasteiger partial charge in [-0.3, -0.25) is 9.59 Å². The Morgan fingerprint density at radius 3 is 2.88 bits per heavy atom. The summed E-state index contributed by atoms with van der Waals surface area (Å²) in [7, 11) is 0. The lowest BCUT2D eigenvalue weighted by Gasteiger charge is -2.21. The number of nitrogens with one attached hydrogen (secondary N) is 2. The lowest BCUT2D eigenvalue weighted by Crippen LogP contribution is -2.47. The summed E-state index contributed by atoms with van der Waals surface area (Å²) in [4.78, 5) is 25.0. The zero-order valence-corrected chi connectivity index (χ0v) is 15.0. The highest BCUT2D eigenvalue weighted by Crippen LogP contribution is 2.30. The second-order valence-corrected chi connectivity index (χ2v) is 7.07. The van der Waals surface area contributed by atoms with Gasteiger partial charge in [0, 0.05) is 0 Å². The van der Waals surface area contributed by atoms with E-state index in [1.165, 1.54) is 17.4 Å². The van der Waals surface area contributed by atoms with E-state index in [0.29, 0.717) is 6.42 Å². The van der Waals surface area contributed by atoms with Gasteiger partial charge in [-0.05, 0) is 54.5 Å². The van der Waals surface area contributed by atoms with E-state index in [9.17, 15) is 9.59 Å². The van der Waals surface area contributed by atoms with Crippen molar-refractivity contribution in [2.75, 3.05) is 12.0 Å². The largest absolute Gasteiger partial charge is 0.459 e. The zero-order valence-electron chi connectivity index (χ0n) is 14.2. The van der Waals surface area contributed by atoms with Crippen LogP contribution in [0.1, 0.15) is 40.6 Å². The molecule has 0 saturated carbocycles. The number of rotatable bonds is 7. The summed E-state index contributed by atoms with van der Waals surface area (Å²) >= 11 is 1.65. The SMILES string of the molecule is CSCC[C@H](NC(=O)c1ccco1)C(=O)N[C@H]1CCc2ccccc21. The summed E-state index contributed by atoms with van der Waals surface area (Å²) in [6, 6.07) is 10.9. The van der Waals surface area contributed by atoms with E-state index in [2.05, 4.69) is 22.8 Å². The van der Waals surface area contributed by atoms with Gasteiger partial charge >= 0.3 is 0 Å². The molecule has 0 aliphatic heterocycles. The van der Waals surface area contributed by atoms with Crippen molar-refractivity contribution in [3.8, 4) is 0 Å². The van der Waals surface area contributed by atoms with Gasteiger partial charge in [0.05, 0.1) is 12.3 Å².